The van der Waals surface area contributed by atoms with Crippen LogP contribution in [0.1, 0.15) is 11.1 Å². The highest BCUT2D eigenvalue weighted by Gasteiger charge is 2.30. The largest absolute Gasteiger partial charge is 0.416 e. The maximum Gasteiger partial charge on any atom is 0.416 e. The summed E-state index contributed by atoms with van der Waals surface area (Å²) >= 11 is 3.26. The van der Waals surface area contributed by atoms with Crippen LogP contribution < -0.4 is 4.72 Å². The molecule has 0 aromatic heterocycles. The predicted molar refractivity (Wildman–Crippen MR) is 79.6 cm³/mol. The first-order chi connectivity index (χ1) is 10.2. The van der Waals surface area contributed by atoms with E-state index in [0.29, 0.717) is 0 Å². The van der Waals surface area contributed by atoms with Gasteiger partial charge in [0.15, 0.2) is 0 Å². The zero-order chi connectivity index (χ0) is 16.4. The Morgan fingerprint density at radius 1 is 0.955 bits per heavy atom. The van der Waals surface area contributed by atoms with Gasteiger partial charge in [0.05, 0.1) is 10.5 Å². The predicted octanol–water partition coefficient (Wildman–Crippen LogP) is 3.95. The van der Waals surface area contributed by atoms with E-state index in [9.17, 15) is 21.6 Å². The lowest BCUT2D eigenvalue weighted by molar-refractivity contribution is -0.137. The number of rotatable bonds is 4. The zero-order valence-electron chi connectivity index (χ0n) is 11.1. The summed E-state index contributed by atoms with van der Waals surface area (Å²) in [6.07, 6.45) is -4.49. The van der Waals surface area contributed by atoms with Gasteiger partial charge in [0.25, 0.3) is 0 Å². The van der Waals surface area contributed by atoms with E-state index in [-0.39, 0.29) is 11.4 Å². The number of alkyl halides is 3. The molecule has 0 saturated carbocycles. The molecule has 0 heterocycles. The van der Waals surface area contributed by atoms with Crippen LogP contribution in [0.2, 0.25) is 0 Å². The van der Waals surface area contributed by atoms with Crippen LogP contribution >= 0.6 is 15.9 Å². The van der Waals surface area contributed by atoms with Gasteiger partial charge >= 0.3 is 6.18 Å². The Balaban J connectivity index is 2.11. The van der Waals surface area contributed by atoms with E-state index in [1.165, 1.54) is 0 Å². The molecule has 0 aliphatic carbocycles. The third kappa shape index (κ3) is 4.31. The van der Waals surface area contributed by atoms with E-state index < -0.39 is 21.8 Å². The van der Waals surface area contributed by atoms with Crippen LogP contribution in [-0.4, -0.2) is 8.42 Å². The van der Waals surface area contributed by atoms with Crippen molar-refractivity contribution in [2.75, 3.05) is 0 Å². The second-order valence-electron chi connectivity index (χ2n) is 4.47. The van der Waals surface area contributed by atoms with Gasteiger partial charge in [-0.2, -0.15) is 13.2 Å². The van der Waals surface area contributed by atoms with E-state index in [4.69, 9.17) is 0 Å². The third-order valence-electron chi connectivity index (χ3n) is 2.87. The molecule has 0 aliphatic heterocycles. The SMILES string of the molecule is O=S(=O)(NCc1ccc(Br)cc1)c1ccc(C(F)(F)F)cc1. The van der Waals surface area contributed by atoms with Gasteiger partial charge in [-0.05, 0) is 42.0 Å². The second-order valence-corrected chi connectivity index (χ2v) is 7.16. The van der Waals surface area contributed by atoms with E-state index in [1.807, 2.05) is 0 Å². The molecule has 2 rings (SSSR count). The van der Waals surface area contributed by atoms with Crippen LogP contribution in [0.3, 0.4) is 0 Å². The van der Waals surface area contributed by atoms with Gasteiger partial charge in [0.2, 0.25) is 10.0 Å². The lowest BCUT2D eigenvalue weighted by Crippen LogP contribution is -2.23. The molecule has 2 aromatic carbocycles. The first kappa shape index (κ1) is 17.0. The zero-order valence-corrected chi connectivity index (χ0v) is 13.5. The van der Waals surface area contributed by atoms with Crippen LogP contribution in [0.5, 0.6) is 0 Å². The normalized spacial score (nSPS) is 12.4. The van der Waals surface area contributed by atoms with Gasteiger partial charge < -0.3 is 0 Å². The topological polar surface area (TPSA) is 46.2 Å². The van der Waals surface area contributed by atoms with Gasteiger partial charge in [-0.1, -0.05) is 28.1 Å². The summed E-state index contributed by atoms with van der Waals surface area (Å²) in [6.45, 7) is 0.0522. The molecule has 0 amide bonds. The van der Waals surface area contributed by atoms with Crippen LogP contribution in [-0.2, 0) is 22.7 Å². The van der Waals surface area contributed by atoms with Crippen molar-refractivity contribution >= 4 is 26.0 Å². The molecule has 0 atom stereocenters. The molecule has 0 unspecified atom stereocenters. The monoisotopic (exact) mass is 393 g/mol. The van der Waals surface area contributed by atoms with Crippen molar-refractivity contribution in [2.24, 2.45) is 0 Å². The average molecular weight is 394 g/mol. The van der Waals surface area contributed by atoms with Gasteiger partial charge in [-0.3, -0.25) is 0 Å². The fourth-order valence-electron chi connectivity index (χ4n) is 1.69. The molecule has 2 aromatic rings. The second kappa shape index (κ2) is 6.39. The summed E-state index contributed by atoms with van der Waals surface area (Å²) in [5.41, 5.74) is -0.155. The lowest BCUT2D eigenvalue weighted by Gasteiger charge is -2.09. The summed E-state index contributed by atoms with van der Waals surface area (Å²) in [4.78, 5) is -0.211. The van der Waals surface area contributed by atoms with E-state index in [0.717, 1.165) is 34.3 Å². The maximum atomic E-state index is 12.4. The molecule has 0 radical (unpaired) electrons. The summed E-state index contributed by atoms with van der Waals surface area (Å²) in [7, 11) is -3.86. The van der Waals surface area contributed by atoms with Gasteiger partial charge in [0, 0.05) is 11.0 Å². The highest BCUT2D eigenvalue weighted by Crippen LogP contribution is 2.29. The van der Waals surface area contributed by atoms with Gasteiger partial charge in [-0.25, -0.2) is 13.1 Å². The number of nitrogens with one attached hydrogen (secondary N) is 1. The van der Waals surface area contributed by atoms with Crippen molar-refractivity contribution < 1.29 is 21.6 Å². The minimum atomic E-state index is -4.49. The molecule has 1 N–H and O–H groups in total. The molecule has 0 saturated heterocycles. The number of sulfonamides is 1. The highest BCUT2D eigenvalue weighted by molar-refractivity contribution is 9.10. The van der Waals surface area contributed by atoms with Crippen molar-refractivity contribution in [2.45, 2.75) is 17.6 Å². The van der Waals surface area contributed by atoms with Gasteiger partial charge in [0.1, 0.15) is 0 Å². The maximum absolute atomic E-state index is 12.4. The Labute approximate surface area is 134 Å². The van der Waals surface area contributed by atoms with Crippen molar-refractivity contribution in [3.05, 3.63) is 64.1 Å². The minimum absolute atomic E-state index is 0.0522. The Hall–Kier alpha value is -1.38. The molecular formula is C14H11BrF3NO2S. The smallest absolute Gasteiger partial charge is 0.207 e. The first-order valence-electron chi connectivity index (χ1n) is 6.10. The molecule has 0 aliphatic rings. The standard InChI is InChI=1S/C14H11BrF3NO2S/c15-12-5-1-10(2-6-12)9-19-22(20,21)13-7-3-11(4-8-13)14(16,17)18/h1-8,19H,9H2. The van der Waals surface area contributed by atoms with Crippen molar-refractivity contribution in [3.63, 3.8) is 0 Å². The van der Waals surface area contributed by atoms with Crippen LogP contribution in [0, 0.1) is 0 Å². The fraction of sp³-hybridized carbons (Fsp3) is 0.143. The average Bonchev–Trinajstić information content (AvgIpc) is 2.46. The summed E-state index contributed by atoms with van der Waals surface area (Å²) in [6, 6.07) is 10.4. The third-order valence-corrected chi connectivity index (χ3v) is 4.82. The molecule has 0 spiro atoms. The molecule has 0 fully saturated rings. The molecule has 3 nitrogen and oxygen atoms in total. The highest BCUT2D eigenvalue weighted by atomic mass is 79.9. The van der Waals surface area contributed by atoms with Crippen LogP contribution in [0.15, 0.2) is 57.9 Å². The van der Waals surface area contributed by atoms with Crippen LogP contribution in [0.4, 0.5) is 13.2 Å². The summed E-state index contributed by atoms with van der Waals surface area (Å²) in [5, 5.41) is 0. The van der Waals surface area contributed by atoms with Crippen LogP contribution in [0.25, 0.3) is 0 Å². The van der Waals surface area contributed by atoms with Crippen molar-refractivity contribution in [1.82, 2.24) is 4.72 Å². The lowest BCUT2D eigenvalue weighted by atomic mass is 10.2. The molecule has 8 heteroatoms. The number of halogens is 4. The Bertz CT molecular complexity index is 741. The quantitative estimate of drug-likeness (QED) is 0.854. The summed E-state index contributed by atoms with van der Waals surface area (Å²) in [5.74, 6) is 0. The van der Waals surface area contributed by atoms with E-state index in [1.54, 1.807) is 24.3 Å². The van der Waals surface area contributed by atoms with Gasteiger partial charge in [-0.15, -0.1) is 0 Å². The molecule has 22 heavy (non-hydrogen) atoms. The first-order valence-corrected chi connectivity index (χ1v) is 8.37. The molecular weight excluding hydrogens is 383 g/mol. The Kier molecular flexibility index (Phi) is 4.93. The molecule has 118 valence electrons. The number of benzene rings is 2. The van der Waals surface area contributed by atoms with E-state index in [2.05, 4.69) is 20.7 Å². The van der Waals surface area contributed by atoms with E-state index >= 15 is 0 Å². The Morgan fingerprint density at radius 2 is 1.50 bits per heavy atom. The minimum Gasteiger partial charge on any atom is -0.207 e. The fourth-order valence-corrected chi connectivity index (χ4v) is 2.97. The van der Waals surface area contributed by atoms with Crippen molar-refractivity contribution in [1.29, 1.82) is 0 Å². The summed E-state index contributed by atoms with van der Waals surface area (Å²) < 4.78 is 64.6. The Morgan fingerprint density at radius 3 is 2.00 bits per heavy atom. The molecule has 0 bridgehead atoms. The van der Waals surface area contributed by atoms with Crippen molar-refractivity contribution in [3.8, 4) is 0 Å². The number of hydrogen-bond acceptors (Lipinski definition) is 2. The number of hydrogen-bond donors (Lipinski definition) is 1.